The Morgan fingerprint density at radius 1 is 1.04 bits per heavy atom. The molecule has 3 N–H and O–H groups in total. The van der Waals surface area contributed by atoms with E-state index in [9.17, 15) is 9.59 Å². The zero-order valence-corrected chi connectivity index (χ0v) is 12.5. The minimum atomic E-state index is -0.523. The lowest BCUT2D eigenvalue weighted by Crippen LogP contribution is -2.11. The molecule has 0 aliphatic rings. The van der Waals surface area contributed by atoms with E-state index < -0.39 is 5.91 Å². The Labute approximate surface area is 133 Å². The van der Waals surface area contributed by atoms with Gasteiger partial charge in [-0.3, -0.25) is 14.6 Å². The van der Waals surface area contributed by atoms with Gasteiger partial charge in [0.1, 0.15) is 0 Å². The third kappa shape index (κ3) is 2.89. The molecule has 0 atom stereocenters. The smallest absolute Gasteiger partial charge is 0.250 e. The molecule has 0 bridgehead atoms. The monoisotopic (exact) mass is 305 g/mol. The van der Waals surface area contributed by atoms with E-state index in [1.807, 2.05) is 18.2 Å². The molecule has 1 amide bonds. The number of nitrogens with one attached hydrogen (secondary N) is 1. The summed E-state index contributed by atoms with van der Waals surface area (Å²) in [7, 11) is 0. The van der Waals surface area contributed by atoms with Crippen LogP contribution in [0.5, 0.6) is 0 Å². The van der Waals surface area contributed by atoms with Crippen molar-refractivity contribution in [2.75, 3.05) is 0 Å². The van der Waals surface area contributed by atoms with Crippen LogP contribution in [0.3, 0.4) is 0 Å². The maximum atomic E-state index is 11.8. The number of rotatable bonds is 4. The van der Waals surface area contributed by atoms with Crippen molar-refractivity contribution >= 4 is 11.7 Å². The molecule has 5 nitrogen and oxygen atoms in total. The van der Waals surface area contributed by atoms with Gasteiger partial charge in [-0.25, -0.2) is 0 Å². The van der Waals surface area contributed by atoms with Crippen molar-refractivity contribution in [3.05, 3.63) is 66.0 Å². The molecule has 0 spiro atoms. The highest BCUT2D eigenvalue weighted by atomic mass is 16.1. The number of hydrogen-bond acceptors (Lipinski definition) is 3. The molecule has 0 fully saturated rings. The Morgan fingerprint density at radius 3 is 2.43 bits per heavy atom. The highest BCUT2D eigenvalue weighted by molar-refractivity contribution is 6.01. The van der Waals surface area contributed by atoms with Gasteiger partial charge in [0.25, 0.3) is 5.91 Å². The molecule has 0 saturated carbocycles. The predicted molar refractivity (Wildman–Crippen MR) is 88.0 cm³/mol. The number of hydrogen-bond donors (Lipinski definition) is 2. The number of carbonyl (C=O) groups is 2. The van der Waals surface area contributed by atoms with E-state index >= 15 is 0 Å². The molecule has 3 aromatic rings. The van der Waals surface area contributed by atoms with E-state index in [0.29, 0.717) is 16.8 Å². The number of pyridine rings is 1. The molecule has 0 saturated heterocycles. The van der Waals surface area contributed by atoms with E-state index in [0.717, 1.165) is 16.8 Å². The van der Waals surface area contributed by atoms with Crippen molar-refractivity contribution in [2.45, 2.75) is 6.92 Å². The quantitative estimate of drug-likeness (QED) is 0.726. The number of carbonyl (C=O) groups excluding carboxylic acids is 2. The number of nitrogens with zero attached hydrogens (tertiary/aromatic N) is 1. The van der Waals surface area contributed by atoms with Gasteiger partial charge in [-0.05, 0) is 36.8 Å². The highest BCUT2D eigenvalue weighted by Gasteiger charge is 2.16. The number of H-pyrrole nitrogens is 1. The Morgan fingerprint density at radius 2 is 1.78 bits per heavy atom. The highest BCUT2D eigenvalue weighted by Crippen LogP contribution is 2.29. The number of amides is 1. The summed E-state index contributed by atoms with van der Waals surface area (Å²) in [5.74, 6) is -0.557. The Balaban J connectivity index is 2.15. The van der Waals surface area contributed by atoms with Crippen molar-refractivity contribution in [3.8, 4) is 22.5 Å². The van der Waals surface area contributed by atoms with Crippen LogP contribution in [0.1, 0.15) is 27.6 Å². The number of nitrogens with two attached hydrogens (primary N) is 1. The third-order valence-electron chi connectivity index (χ3n) is 3.63. The van der Waals surface area contributed by atoms with Gasteiger partial charge in [0.2, 0.25) is 0 Å². The number of aromatic nitrogens is 2. The largest absolute Gasteiger partial charge is 0.366 e. The first kappa shape index (κ1) is 14.7. The lowest BCUT2D eigenvalue weighted by Gasteiger charge is -2.04. The molecule has 0 unspecified atom stereocenters. The van der Waals surface area contributed by atoms with E-state index in [1.54, 1.807) is 36.7 Å². The zero-order valence-electron chi connectivity index (χ0n) is 12.5. The van der Waals surface area contributed by atoms with Crippen molar-refractivity contribution in [1.82, 2.24) is 9.97 Å². The molecule has 0 radical (unpaired) electrons. The van der Waals surface area contributed by atoms with Gasteiger partial charge in [-0.2, -0.15) is 0 Å². The molecule has 2 heterocycles. The molecule has 1 aromatic carbocycles. The number of primary amides is 1. The van der Waals surface area contributed by atoms with Gasteiger partial charge in [-0.15, -0.1) is 0 Å². The van der Waals surface area contributed by atoms with Crippen molar-refractivity contribution < 1.29 is 9.59 Å². The van der Waals surface area contributed by atoms with Crippen LogP contribution in [0, 0.1) is 0 Å². The second-order valence-corrected chi connectivity index (χ2v) is 5.21. The van der Waals surface area contributed by atoms with Crippen LogP contribution in [-0.2, 0) is 0 Å². The molecule has 2 aromatic heterocycles. The third-order valence-corrected chi connectivity index (χ3v) is 3.63. The summed E-state index contributed by atoms with van der Waals surface area (Å²) >= 11 is 0. The van der Waals surface area contributed by atoms with Gasteiger partial charge in [0, 0.05) is 29.2 Å². The summed E-state index contributed by atoms with van der Waals surface area (Å²) in [6, 6.07) is 12.5. The lowest BCUT2D eigenvalue weighted by atomic mass is 10.0. The maximum Gasteiger partial charge on any atom is 0.250 e. The predicted octanol–water partition coefficient (Wildman–Crippen LogP) is 3.05. The van der Waals surface area contributed by atoms with Crippen molar-refractivity contribution in [1.29, 1.82) is 0 Å². The maximum absolute atomic E-state index is 11.8. The first-order valence-corrected chi connectivity index (χ1v) is 7.11. The summed E-state index contributed by atoms with van der Waals surface area (Å²) < 4.78 is 0. The van der Waals surface area contributed by atoms with E-state index in [1.165, 1.54) is 6.92 Å². The Kier molecular flexibility index (Phi) is 3.76. The summed E-state index contributed by atoms with van der Waals surface area (Å²) in [6.07, 6.45) is 3.35. The second-order valence-electron chi connectivity index (χ2n) is 5.21. The number of aromatic amines is 1. The average molecular weight is 305 g/mol. The molecule has 0 aliphatic heterocycles. The van der Waals surface area contributed by atoms with Crippen LogP contribution in [0.2, 0.25) is 0 Å². The first-order chi connectivity index (χ1) is 11.1. The van der Waals surface area contributed by atoms with Crippen LogP contribution in [0.15, 0.2) is 54.9 Å². The van der Waals surface area contributed by atoms with Gasteiger partial charge < -0.3 is 10.7 Å². The summed E-state index contributed by atoms with van der Waals surface area (Å²) in [6.45, 7) is 1.51. The fourth-order valence-electron chi connectivity index (χ4n) is 2.46. The van der Waals surface area contributed by atoms with Gasteiger partial charge in [-0.1, -0.05) is 18.2 Å². The van der Waals surface area contributed by atoms with E-state index in [4.69, 9.17) is 5.73 Å². The average Bonchev–Trinajstić information content (AvgIpc) is 3.01. The summed E-state index contributed by atoms with van der Waals surface area (Å²) in [5.41, 5.74) is 9.49. The number of ketones is 1. The molecule has 0 aliphatic carbocycles. The van der Waals surface area contributed by atoms with Gasteiger partial charge >= 0.3 is 0 Å². The van der Waals surface area contributed by atoms with Crippen LogP contribution < -0.4 is 5.73 Å². The molecular formula is C18H15N3O2. The summed E-state index contributed by atoms with van der Waals surface area (Å²) in [5, 5.41) is 0. The molecule has 5 heteroatoms. The normalized spacial score (nSPS) is 10.5. The Hall–Kier alpha value is -3.21. The second kappa shape index (κ2) is 5.88. The minimum Gasteiger partial charge on any atom is -0.366 e. The molecule has 23 heavy (non-hydrogen) atoms. The fourth-order valence-corrected chi connectivity index (χ4v) is 2.46. The topological polar surface area (TPSA) is 88.8 Å². The standard InChI is InChI=1S/C18H15N3O2/c1-11(22)13-3-2-4-14(9-13)17-15(18(19)23)10-16(21-17)12-5-7-20-8-6-12/h2-10,21H,1H3,(H2,19,23). The van der Waals surface area contributed by atoms with Crippen LogP contribution in [-0.4, -0.2) is 21.7 Å². The molecular weight excluding hydrogens is 290 g/mol. The fraction of sp³-hybridized carbons (Fsp3) is 0.0556. The van der Waals surface area contributed by atoms with Crippen LogP contribution in [0.4, 0.5) is 0 Å². The SMILES string of the molecule is CC(=O)c1cccc(-c2[nH]c(-c3ccncc3)cc2C(N)=O)c1. The van der Waals surface area contributed by atoms with Crippen molar-refractivity contribution in [3.63, 3.8) is 0 Å². The minimum absolute atomic E-state index is 0.0339. The lowest BCUT2D eigenvalue weighted by molar-refractivity contribution is 0.0997. The number of Topliss-reactive ketones (excluding diaryl/α,β-unsaturated/α-hetero) is 1. The van der Waals surface area contributed by atoms with Gasteiger partial charge in [0.05, 0.1) is 11.3 Å². The molecule has 114 valence electrons. The van der Waals surface area contributed by atoms with E-state index in [-0.39, 0.29) is 5.78 Å². The first-order valence-electron chi connectivity index (χ1n) is 7.11. The molecule has 3 rings (SSSR count). The zero-order chi connectivity index (χ0) is 16.4. The van der Waals surface area contributed by atoms with Gasteiger partial charge in [0.15, 0.2) is 5.78 Å². The Bertz CT molecular complexity index is 882. The van der Waals surface area contributed by atoms with Crippen LogP contribution in [0.25, 0.3) is 22.5 Å². The summed E-state index contributed by atoms with van der Waals surface area (Å²) in [4.78, 5) is 30.6. The van der Waals surface area contributed by atoms with Crippen molar-refractivity contribution in [2.24, 2.45) is 5.73 Å². The number of benzene rings is 1. The van der Waals surface area contributed by atoms with Crippen LogP contribution >= 0.6 is 0 Å². The van der Waals surface area contributed by atoms with E-state index in [2.05, 4.69) is 9.97 Å².